The topological polar surface area (TPSA) is 24.5 Å². The fourth-order valence-electron chi connectivity index (χ4n) is 2.80. The Morgan fingerprint density at radius 1 is 1.12 bits per heavy atom. The summed E-state index contributed by atoms with van der Waals surface area (Å²) in [4.78, 5) is 2.53. The number of hydrogen-bond donors (Lipinski definition) is 1. The molecule has 2 atom stereocenters. The van der Waals surface area contributed by atoms with Gasteiger partial charge in [0.25, 0.3) is 0 Å². The number of benzene rings is 1. The molecule has 0 amide bonds. The van der Waals surface area contributed by atoms with E-state index in [4.69, 9.17) is 4.74 Å². The molecule has 2 saturated heterocycles. The molecular weight excluding hydrogens is 212 g/mol. The van der Waals surface area contributed by atoms with Crippen LogP contribution in [0.2, 0.25) is 0 Å². The van der Waals surface area contributed by atoms with E-state index >= 15 is 0 Å². The lowest BCUT2D eigenvalue weighted by Gasteiger charge is -2.32. The molecule has 2 aliphatic heterocycles. The summed E-state index contributed by atoms with van der Waals surface area (Å²) in [5, 5.41) is 3.46. The van der Waals surface area contributed by atoms with Crippen molar-refractivity contribution < 1.29 is 4.74 Å². The lowest BCUT2D eigenvalue weighted by Crippen LogP contribution is -2.44. The molecule has 3 heteroatoms. The standard InChI is InChI=1S/C14H20N2O/c1-2-4-12(5-3-1)15-8-9-16-10-13-6-7-14(11-16)17-13/h1-5,13-15H,6-11H2. The van der Waals surface area contributed by atoms with Gasteiger partial charge in [0.1, 0.15) is 0 Å². The van der Waals surface area contributed by atoms with Gasteiger partial charge in [-0.25, -0.2) is 0 Å². The zero-order chi connectivity index (χ0) is 11.5. The van der Waals surface area contributed by atoms with Gasteiger partial charge in [-0.1, -0.05) is 18.2 Å². The first kappa shape index (κ1) is 11.1. The van der Waals surface area contributed by atoms with Crippen LogP contribution >= 0.6 is 0 Å². The van der Waals surface area contributed by atoms with E-state index in [1.54, 1.807) is 0 Å². The molecule has 3 nitrogen and oxygen atoms in total. The molecule has 2 aliphatic rings. The summed E-state index contributed by atoms with van der Waals surface area (Å²) in [5.74, 6) is 0. The number of nitrogens with one attached hydrogen (secondary N) is 1. The summed E-state index contributed by atoms with van der Waals surface area (Å²) < 4.78 is 5.83. The van der Waals surface area contributed by atoms with E-state index < -0.39 is 0 Å². The Kier molecular flexibility index (Phi) is 3.29. The van der Waals surface area contributed by atoms with Gasteiger partial charge >= 0.3 is 0 Å². The predicted octanol–water partition coefficient (Wildman–Crippen LogP) is 1.96. The second-order valence-corrected chi connectivity index (χ2v) is 5.01. The van der Waals surface area contributed by atoms with Gasteiger partial charge in [-0.15, -0.1) is 0 Å². The lowest BCUT2D eigenvalue weighted by molar-refractivity contribution is -0.0368. The van der Waals surface area contributed by atoms with Gasteiger partial charge < -0.3 is 10.1 Å². The number of fused-ring (bicyclic) bond motifs is 2. The van der Waals surface area contributed by atoms with Gasteiger partial charge in [0.2, 0.25) is 0 Å². The van der Waals surface area contributed by atoms with E-state index in [-0.39, 0.29) is 0 Å². The van der Waals surface area contributed by atoms with Crippen molar-refractivity contribution in [3.8, 4) is 0 Å². The van der Waals surface area contributed by atoms with Crippen LogP contribution in [0, 0.1) is 0 Å². The Hall–Kier alpha value is -1.06. The first-order chi connectivity index (χ1) is 8.40. The molecule has 2 unspecified atom stereocenters. The third-order valence-corrected chi connectivity index (χ3v) is 3.65. The molecule has 2 fully saturated rings. The van der Waals surface area contributed by atoms with Crippen LogP contribution in [0.3, 0.4) is 0 Å². The van der Waals surface area contributed by atoms with E-state index in [9.17, 15) is 0 Å². The fourth-order valence-corrected chi connectivity index (χ4v) is 2.80. The van der Waals surface area contributed by atoms with Gasteiger partial charge in [-0.2, -0.15) is 0 Å². The zero-order valence-corrected chi connectivity index (χ0v) is 10.1. The minimum absolute atomic E-state index is 0.505. The van der Waals surface area contributed by atoms with Crippen LogP contribution in [0.15, 0.2) is 30.3 Å². The molecule has 17 heavy (non-hydrogen) atoms. The molecule has 0 spiro atoms. The van der Waals surface area contributed by atoms with Crippen molar-refractivity contribution in [2.24, 2.45) is 0 Å². The molecule has 0 aromatic heterocycles. The maximum Gasteiger partial charge on any atom is 0.0707 e. The van der Waals surface area contributed by atoms with Gasteiger partial charge in [0, 0.05) is 31.9 Å². The Labute approximate surface area is 103 Å². The number of nitrogens with zero attached hydrogens (tertiary/aromatic N) is 1. The molecule has 1 aromatic rings. The normalized spacial score (nSPS) is 28.2. The lowest BCUT2D eigenvalue weighted by atomic mass is 10.2. The van der Waals surface area contributed by atoms with Crippen LogP contribution in [-0.4, -0.2) is 43.3 Å². The van der Waals surface area contributed by atoms with Crippen molar-refractivity contribution in [1.82, 2.24) is 4.90 Å². The molecule has 0 saturated carbocycles. The van der Waals surface area contributed by atoms with Crippen LogP contribution in [-0.2, 0) is 4.74 Å². The first-order valence-corrected chi connectivity index (χ1v) is 6.57. The summed E-state index contributed by atoms with van der Waals surface area (Å²) in [6, 6.07) is 10.4. The first-order valence-electron chi connectivity index (χ1n) is 6.57. The zero-order valence-electron chi connectivity index (χ0n) is 10.1. The van der Waals surface area contributed by atoms with Gasteiger partial charge in [-0.3, -0.25) is 4.90 Å². The average Bonchev–Trinajstić information content (AvgIpc) is 2.70. The minimum atomic E-state index is 0.505. The predicted molar refractivity (Wildman–Crippen MR) is 69.3 cm³/mol. The van der Waals surface area contributed by atoms with Crippen molar-refractivity contribution in [2.45, 2.75) is 25.0 Å². The van der Waals surface area contributed by atoms with E-state index in [0.29, 0.717) is 12.2 Å². The number of ether oxygens (including phenoxy) is 1. The minimum Gasteiger partial charge on any atom is -0.384 e. The third-order valence-electron chi connectivity index (χ3n) is 3.65. The highest BCUT2D eigenvalue weighted by atomic mass is 16.5. The largest absolute Gasteiger partial charge is 0.384 e. The highest BCUT2D eigenvalue weighted by molar-refractivity contribution is 5.42. The number of rotatable bonds is 4. The number of anilines is 1. The Bertz CT molecular complexity index is 342. The van der Waals surface area contributed by atoms with E-state index in [0.717, 1.165) is 26.2 Å². The monoisotopic (exact) mass is 232 g/mol. The highest BCUT2D eigenvalue weighted by Crippen LogP contribution is 2.25. The van der Waals surface area contributed by atoms with Gasteiger partial charge in [0.05, 0.1) is 12.2 Å². The third kappa shape index (κ3) is 2.79. The number of morpholine rings is 1. The number of para-hydroxylation sites is 1. The molecule has 3 rings (SSSR count). The smallest absolute Gasteiger partial charge is 0.0707 e. The van der Waals surface area contributed by atoms with Crippen molar-refractivity contribution >= 4 is 5.69 Å². The maximum absolute atomic E-state index is 5.83. The molecule has 2 bridgehead atoms. The van der Waals surface area contributed by atoms with Crippen LogP contribution in [0.1, 0.15) is 12.8 Å². The van der Waals surface area contributed by atoms with Crippen LogP contribution in [0.5, 0.6) is 0 Å². The van der Waals surface area contributed by atoms with Crippen molar-refractivity contribution in [1.29, 1.82) is 0 Å². The van der Waals surface area contributed by atoms with E-state index in [1.807, 2.05) is 6.07 Å². The number of likely N-dealkylation sites (tertiary alicyclic amines) is 1. The SMILES string of the molecule is c1ccc(NCCN2CC3CCC(C2)O3)cc1. The quantitative estimate of drug-likeness (QED) is 0.859. The second kappa shape index (κ2) is 5.07. The Morgan fingerprint density at radius 2 is 1.82 bits per heavy atom. The number of hydrogen-bond acceptors (Lipinski definition) is 3. The summed E-state index contributed by atoms with van der Waals surface area (Å²) >= 11 is 0. The maximum atomic E-state index is 5.83. The van der Waals surface area contributed by atoms with Crippen LogP contribution in [0.25, 0.3) is 0 Å². The average molecular weight is 232 g/mol. The Balaban J connectivity index is 1.43. The van der Waals surface area contributed by atoms with Crippen molar-refractivity contribution in [3.63, 3.8) is 0 Å². The van der Waals surface area contributed by atoms with Crippen molar-refractivity contribution in [3.05, 3.63) is 30.3 Å². The summed E-state index contributed by atoms with van der Waals surface area (Å²) in [5.41, 5.74) is 1.21. The molecular formula is C14H20N2O. The fraction of sp³-hybridized carbons (Fsp3) is 0.571. The van der Waals surface area contributed by atoms with E-state index in [2.05, 4.69) is 34.5 Å². The Morgan fingerprint density at radius 3 is 2.53 bits per heavy atom. The molecule has 1 aromatic carbocycles. The van der Waals surface area contributed by atoms with Gasteiger partial charge in [0.15, 0.2) is 0 Å². The molecule has 0 aliphatic carbocycles. The summed E-state index contributed by atoms with van der Waals surface area (Å²) in [6.45, 7) is 4.37. The van der Waals surface area contributed by atoms with Gasteiger partial charge in [-0.05, 0) is 25.0 Å². The molecule has 0 radical (unpaired) electrons. The van der Waals surface area contributed by atoms with Crippen LogP contribution in [0.4, 0.5) is 5.69 Å². The molecule has 2 heterocycles. The summed E-state index contributed by atoms with van der Waals surface area (Å²) in [6.07, 6.45) is 3.52. The second-order valence-electron chi connectivity index (χ2n) is 5.01. The molecule has 92 valence electrons. The van der Waals surface area contributed by atoms with E-state index in [1.165, 1.54) is 18.5 Å². The van der Waals surface area contributed by atoms with Crippen LogP contribution < -0.4 is 5.32 Å². The summed E-state index contributed by atoms with van der Waals surface area (Å²) in [7, 11) is 0. The highest BCUT2D eigenvalue weighted by Gasteiger charge is 2.33. The molecule has 1 N–H and O–H groups in total. The van der Waals surface area contributed by atoms with Crippen molar-refractivity contribution in [2.75, 3.05) is 31.5 Å².